The van der Waals surface area contributed by atoms with Crippen LogP contribution < -0.4 is 11.1 Å². The summed E-state index contributed by atoms with van der Waals surface area (Å²) in [5.74, 6) is -1.37. The predicted molar refractivity (Wildman–Crippen MR) is 123 cm³/mol. The monoisotopic (exact) mass is 498 g/mol. The summed E-state index contributed by atoms with van der Waals surface area (Å²) in [6.45, 7) is 3.55. The minimum atomic E-state index is -4.75. The molecule has 186 valence electrons. The zero-order valence-corrected chi connectivity index (χ0v) is 19.3. The maximum Gasteiger partial charge on any atom is 0.419 e. The Balaban J connectivity index is 1.61. The van der Waals surface area contributed by atoms with Gasteiger partial charge < -0.3 is 16.2 Å². The van der Waals surface area contributed by atoms with Crippen LogP contribution in [-0.4, -0.2) is 40.6 Å². The van der Waals surface area contributed by atoms with E-state index in [9.17, 15) is 23.1 Å². The lowest BCUT2D eigenvalue weighted by molar-refractivity contribution is -0.138. The first kappa shape index (κ1) is 23.5. The first-order valence-electron chi connectivity index (χ1n) is 11.1. The van der Waals surface area contributed by atoms with Gasteiger partial charge in [0.2, 0.25) is 5.91 Å². The Morgan fingerprint density at radius 3 is 2.69 bits per heavy atom. The van der Waals surface area contributed by atoms with Crippen molar-refractivity contribution in [1.29, 1.82) is 0 Å². The number of carbonyl (C=O) groups is 1. The number of amides is 1. The van der Waals surface area contributed by atoms with Gasteiger partial charge in [-0.15, -0.1) is 0 Å². The van der Waals surface area contributed by atoms with E-state index in [4.69, 9.17) is 5.73 Å². The maximum absolute atomic E-state index is 13.1. The number of benzene rings is 1. The van der Waals surface area contributed by atoms with Gasteiger partial charge in [-0.05, 0) is 37.5 Å². The van der Waals surface area contributed by atoms with Crippen LogP contribution in [0.5, 0.6) is 5.75 Å². The molecule has 1 aromatic carbocycles. The number of nitrogens with one attached hydrogen (secondary N) is 1. The van der Waals surface area contributed by atoms with Gasteiger partial charge >= 0.3 is 6.18 Å². The number of halogens is 3. The molecule has 13 heteroatoms. The van der Waals surface area contributed by atoms with E-state index in [0.29, 0.717) is 23.5 Å². The molecular formula is C23H21F3N8O2. The Morgan fingerprint density at radius 1 is 1.22 bits per heavy atom. The Labute approximate surface area is 202 Å². The van der Waals surface area contributed by atoms with Crippen molar-refractivity contribution in [3.63, 3.8) is 0 Å². The number of phenols is 1. The predicted octanol–water partition coefficient (Wildman–Crippen LogP) is 3.49. The number of anilines is 2. The van der Waals surface area contributed by atoms with Crippen molar-refractivity contribution >= 4 is 23.2 Å². The van der Waals surface area contributed by atoms with E-state index < -0.39 is 28.8 Å². The summed E-state index contributed by atoms with van der Waals surface area (Å²) in [5, 5.41) is 16.8. The molecule has 0 saturated heterocycles. The van der Waals surface area contributed by atoms with Crippen molar-refractivity contribution in [2.75, 3.05) is 11.1 Å². The Hall–Kier alpha value is -4.29. The number of hydrogen-bond acceptors (Lipinski definition) is 8. The SMILES string of the molecule is CCCCc1nc(-c2nc(N)c3c(n2)NC(=O)[C@]3(C)c2ccc(C(F)(F)F)c(O)c2)cn2ncnc12. The highest BCUT2D eigenvalue weighted by Crippen LogP contribution is 2.47. The van der Waals surface area contributed by atoms with E-state index in [1.165, 1.54) is 13.3 Å². The van der Waals surface area contributed by atoms with Gasteiger partial charge in [0, 0.05) is 0 Å². The van der Waals surface area contributed by atoms with Gasteiger partial charge in [0.25, 0.3) is 0 Å². The second kappa shape index (κ2) is 8.14. The molecule has 1 amide bonds. The zero-order chi connectivity index (χ0) is 25.8. The Kier molecular flexibility index (Phi) is 5.30. The van der Waals surface area contributed by atoms with E-state index in [2.05, 4.69) is 37.3 Å². The molecule has 3 aromatic heterocycles. The van der Waals surface area contributed by atoms with Gasteiger partial charge in [0.05, 0.1) is 23.0 Å². The number of rotatable bonds is 5. The topological polar surface area (TPSA) is 144 Å². The molecule has 0 radical (unpaired) electrons. The Morgan fingerprint density at radius 2 is 2.00 bits per heavy atom. The van der Waals surface area contributed by atoms with Crippen LogP contribution in [0.4, 0.5) is 24.8 Å². The molecule has 0 spiro atoms. The molecule has 36 heavy (non-hydrogen) atoms. The van der Waals surface area contributed by atoms with Gasteiger partial charge in [-0.25, -0.2) is 24.5 Å². The molecule has 0 saturated carbocycles. The number of phenolic OH excluding ortho intramolecular Hbond substituents is 1. The number of nitrogens with two attached hydrogens (primary N) is 1. The summed E-state index contributed by atoms with van der Waals surface area (Å²) < 4.78 is 40.9. The van der Waals surface area contributed by atoms with Crippen LogP contribution in [0.15, 0.2) is 30.7 Å². The van der Waals surface area contributed by atoms with Gasteiger partial charge in [-0.1, -0.05) is 19.4 Å². The van der Waals surface area contributed by atoms with Crippen LogP contribution in [0.3, 0.4) is 0 Å². The van der Waals surface area contributed by atoms with Gasteiger partial charge in [-0.3, -0.25) is 4.79 Å². The van der Waals surface area contributed by atoms with E-state index in [1.54, 1.807) is 10.7 Å². The number of alkyl halides is 3. The second-order valence-corrected chi connectivity index (χ2v) is 8.67. The second-order valence-electron chi connectivity index (χ2n) is 8.67. The molecule has 0 fully saturated rings. The third-order valence-corrected chi connectivity index (χ3v) is 6.33. The van der Waals surface area contributed by atoms with Crippen molar-refractivity contribution in [2.24, 2.45) is 0 Å². The number of aromatic hydroxyl groups is 1. The number of nitrogens with zero attached hydrogens (tertiary/aromatic N) is 6. The largest absolute Gasteiger partial charge is 0.507 e. The number of aryl methyl sites for hydroxylation is 1. The fourth-order valence-electron chi connectivity index (χ4n) is 4.39. The molecule has 0 aliphatic carbocycles. The lowest BCUT2D eigenvalue weighted by Gasteiger charge is -2.24. The average molecular weight is 498 g/mol. The van der Waals surface area contributed by atoms with Crippen molar-refractivity contribution in [3.05, 3.63) is 53.1 Å². The molecule has 0 bridgehead atoms. The van der Waals surface area contributed by atoms with Crippen molar-refractivity contribution in [3.8, 4) is 17.3 Å². The smallest absolute Gasteiger partial charge is 0.419 e. The molecule has 0 unspecified atom stereocenters. The van der Waals surface area contributed by atoms with E-state index in [0.717, 1.165) is 31.0 Å². The third-order valence-electron chi connectivity index (χ3n) is 6.33. The Bertz CT molecular complexity index is 1520. The number of unbranched alkanes of at least 4 members (excludes halogenated alkanes) is 1. The van der Waals surface area contributed by atoms with E-state index in [1.807, 2.05) is 0 Å². The zero-order valence-electron chi connectivity index (χ0n) is 19.3. The minimum absolute atomic E-state index is 0.0502. The molecule has 1 atom stereocenters. The van der Waals surface area contributed by atoms with E-state index >= 15 is 0 Å². The summed E-state index contributed by atoms with van der Waals surface area (Å²) in [4.78, 5) is 30.8. The highest BCUT2D eigenvalue weighted by atomic mass is 19.4. The summed E-state index contributed by atoms with van der Waals surface area (Å²) in [6.07, 6.45) is 0.783. The number of aromatic nitrogens is 6. The molecule has 4 heterocycles. The quantitative estimate of drug-likeness (QED) is 0.379. The number of nitrogen functional groups attached to an aromatic ring is 1. The third kappa shape index (κ3) is 3.58. The lowest BCUT2D eigenvalue weighted by Crippen LogP contribution is -2.33. The summed E-state index contributed by atoms with van der Waals surface area (Å²) in [5.41, 5.74) is 5.54. The van der Waals surface area contributed by atoms with Crippen molar-refractivity contribution in [2.45, 2.75) is 44.7 Å². The summed E-state index contributed by atoms with van der Waals surface area (Å²) >= 11 is 0. The normalized spacial score (nSPS) is 17.4. The van der Waals surface area contributed by atoms with Crippen LogP contribution in [-0.2, 0) is 22.8 Å². The summed E-state index contributed by atoms with van der Waals surface area (Å²) in [6, 6.07) is 2.76. The highest BCUT2D eigenvalue weighted by Gasteiger charge is 2.48. The molecule has 4 aromatic rings. The average Bonchev–Trinajstić information content (AvgIpc) is 3.39. The fourth-order valence-corrected chi connectivity index (χ4v) is 4.39. The van der Waals surface area contributed by atoms with E-state index in [-0.39, 0.29) is 28.6 Å². The van der Waals surface area contributed by atoms with Crippen LogP contribution in [0.25, 0.3) is 17.2 Å². The van der Waals surface area contributed by atoms with Crippen LogP contribution >= 0.6 is 0 Å². The van der Waals surface area contributed by atoms with Crippen molar-refractivity contribution in [1.82, 2.24) is 29.5 Å². The standard InChI is InChI=1S/C23H21F3N8O2/c1-3-4-5-13-20-28-10-29-34(20)9-14(30-13)18-31-17(27)16-19(32-18)33-21(36)22(16,2)11-6-7-12(15(35)8-11)23(24,25)26/h6-10,35H,3-5H2,1-2H3,(H3,27,31,32,33,36)/t22-/m1/s1. The van der Waals surface area contributed by atoms with Crippen LogP contribution in [0, 0.1) is 0 Å². The van der Waals surface area contributed by atoms with Gasteiger partial charge in [0.15, 0.2) is 11.5 Å². The summed E-state index contributed by atoms with van der Waals surface area (Å²) in [7, 11) is 0. The number of fused-ring (bicyclic) bond motifs is 2. The van der Waals surface area contributed by atoms with Crippen molar-refractivity contribution < 1.29 is 23.1 Å². The fraction of sp³-hybridized carbons (Fsp3) is 0.304. The van der Waals surface area contributed by atoms with Crippen LogP contribution in [0.2, 0.25) is 0 Å². The van der Waals surface area contributed by atoms with Gasteiger partial charge in [0.1, 0.15) is 34.8 Å². The maximum atomic E-state index is 13.1. The molecule has 4 N–H and O–H groups in total. The number of carbonyl (C=O) groups excluding carboxylic acids is 1. The van der Waals surface area contributed by atoms with Gasteiger partial charge in [-0.2, -0.15) is 18.3 Å². The molecular weight excluding hydrogens is 477 g/mol. The highest BCUT2D eigenvalue weighted by molar-refractivity contribution is 6.09. The van der Waals surface area contributed by atoms with Crippen LogP contribution in [0.1, 0.15) is 49.1 Å². The molecule has 10 nitrogen and oxygen atoms in total. The minimum Gasteiger partial charge on any atom is -0.507 e. The first-order valence-corrected chi connectivity index (χ1v) is 11.1. The molecule has 1 aliphatic heterocycles. The number of hydrogen-bond donors (Lipinski definition) is 3. The first-order chi connectivity index (χ1) is 17.0. The lowest BCUT2D eigenvalue weighted by atomic mass is 9.77. The molecule has 1 aliphatic rings. The molecule has 5 rings (SSSR count).